The summed E-state index contributed by atoms with van der Waals surface area (Å²) in [4.78, 5) is 0. The highest BCUT2D eigenvalue weighted by molar-refractivity contribution is 5.70. The van der Waals surface area contributed by atoms with Crippen molar-refractivity contribution in [1.29, 1.82) is 0 Å². The molecule has 26 heavy (non-hydrogen) atoms. The highest BCUT2D eigenvalue weighted by Gasteiger charge is 2.39. The van der Waals surface area contributed by atoms with Crippen molar-refractivity contribution >= 4 is 0 Å². The average molecular weight is 386 g/mol. The third-order valence-corrected chi connectivity index (χ3v) is 3.69. The Hall–Kier alpha value is -2.19. The van der Waals surface area contributed by atoms with Crippen molar-refractivity contribution in [3.8, 4) is 11.1 Å². The smallest absolute Gasteiger partial charge is 0.166 e. The molecule has 0 saturated carbocycles. The van der Waals surface area contributed by atoms with Gasteiger partial charge >= 0.3 is 18.5 Å². The summed E-state index contributed by atoms with van der Waals surface area (Å²) in [7, 11) is 0. The van der Waals surface area contributed by atoms with Gasteiger partial charge < -0.3 is 0 Å². The molecule has 142 valence electrons. The molecule has 0 bridgehead atoms. The fourth-order valence-electron chi connectivity index (χ4n) is 2.42. The molecular formula is C17H11F9. The lowest BCUT2D eigenvalue weighted by molar-refractivity contribution is -0.142. The quantitative estimate of drug-likeness (QED) is 0.489. The van der Waals surface area contributed by atoms with Crippen molar-refractivity contribution in [1.82, 2.24) is 0 Å². The zero-order valence-corrected chi connectivity index (χ0v) is 13.1. The fraction of sp³-hybridized carbons (Fsp3) is 0.294. The van der Waals surface area contributed by atoms with Gasteiger partial charge in [0.15, 0.2) is 0 Å². The number of aryl methyl sites for hydroxylation is 1. The molecule has 0 saturated heterocycles. The van der Waals surface area contributed by atoms with E-state index in [0.29, 0.717) is 18.2 Å². The van der Waals surface area contributed by atoms with E-state index in [1.165, 1.54) is 6.92 Å². The number of halogens is 9. The molecular weight excluding hydrogens is 375 g/mol. The van der Waals surface area contributed by atoms with Gasteiger partial charge in [-0.25, -0.2) is 0 Å². The summed E-state index contributed by atoms with van der Waals surface area (Å²) in [6.07, 6.45) is -14.9. The van der Waals surface area contributed by atoms with Crippen LogP contribution in [0.1, 0.15) is 29.2 Å². The predicted octanol–water partition coefficient (Wildman–Crippen LogP) is 6.97. The van der Waals surface area contributed by atoms with Crippen molar-refractivity contribution in [3.63, 3.8) is 0 Å². The first-order valence-electron chi connectivity index (χ1n) is 7.23. The van der Waals surface area contributed by atoms with Crippen molar-refractivity contribution in [2.45, 2.75) is 31.9 Å². The summed E-state index contributed by atoms with van der Waals surface area (Å²) >= 11 is 0. The van der Waals surface area contributed by atoms with E-state index in [-0.39, 0.29) is 18.1 Å². The molecule has 0 radical (unpaired) electrons. The molecule has 0 aromatic heterocycles. The molecule has 9 heteroatoms. The first kappa shape index (κ1) is 20.1. The second-order valence-electron chi connectivity index (χ2n) is 5.53. The van der Waals surface area contributed by atoms with Crippen LogP contribution in [0.15, 0.2) is 36.4 Å². The van der Waals surface area contributed by atoms with Gasteiger partial charge in [-0.1, -0.05) is 19.1 Å². The van der Waals surface area contributed by atoms with Crippen LogP contribution in [0.25, 0.3) is 11.1 Å². The van der Waals surface area contributed by atoms with Crippen molar-refractivity contribution < 1.29 is 39.5 Å². The topological polar surface area (TPSA) is 0 Å². The number of hydrogen-bond acceptors (Lipinski definition) is 0. The molecule has 0 spiro atoms. The van der Waals surface area contributed by atoms with Crippen LogP contribution in [0.3, 0.4) is 0 Å². The van der Waals surface area contributed by atoms with Gasteiger partial charge in [-0.15, -0.1) is 0 Å². The normalized spacial score (nSPS) is 13.2. The Morgan fingerprint density at radius 2 is 1.23 bits per heavy atom. The maximum Gasteiger partial charge on any atom is 0.417 e. The largest absolute Gasteiger partial charge is 0.417 e. The van der Waals surface area contributed by atoms with Crippen LogP contribution in [0, 0.1) is 0 Å². The third-order valence-electron chi connectivity index (χ3n) is 3.69. The standard InChI is InChI=1S/C17H11F9/c1-2-9-5-10(7-12(6-9)16(21,22)23)13-4-3-11(15(18,19)20)8-14(13)17(24,25)26/h3-8H,2H2,1H3. The maximum atomic E-state index is 13.2. The van der Waals surface area contributed by atoms with E-state index in [9.17, 15) is 39.5 Å². The van der Waals surface area contributed by atoms with Gasteiger partial charge in [-0.3, -0.25) is 0 Å². The van der Waals surface area contributed by atoms with Crippen LogP contribution >= 0.6 is 0 Å². The highest BCUT2D eigenvalue weighted by Crippen LogP contribution is 2.42. The average Bonchev–Trinajstić information content (AvgIpc) is 2.51. The Labute approximate surface area is 142 Å². The maximum absolute atomic E-state index is 13.2. The van der Waals surface area contributed by atoms with Crippen LogP contribution < -0.4 is 0 Å². The van der Waals surface area contributed by atoms with Crippen LogP contribution in [0.4, 0.5) is 39.5 Å². The fourth-order valence-corrected chi connectivity index (χ4v) is 2.42. The van der Waals surface area contributed by atoms with Gasteiger partial charge in [0, 0.05) is 0 Å². The molecule has 0 aliphatic rings. The van der Waals surface area contributed by atoms with Crippen LogP contribution in [0.5, 0.6) is 0 Å². The van der Waals surface area contributed by atoms with E-state index in [1.807, 2.05) is 0 Å². The number of rotatable bonds is 2. The van der Waals surface area contributed by atoms with E-state index < -0.39 is 46.3 Å². The second kappa shape index (κ2) is 6.51. The summed E-state index contributed by atoms with van der Waals surface area (Å²) in [6, 6.07) is 3.25. The second-order valence-corrected chi connectivity index (χ2v) is 5.53. The Morgan fingerprint density at radius 3 is 1.69 bits per heavy atom. The zero-order valence-electron chi connectivity index (χ0n) is 13.1. The van der Waals surface area contributed by atoms with Crippen molar-refractivity contribution in [2.24, 2.45) is 0 Å². The Kier molecular flexibility index (Phi) is 5.04. The minimum absolute atomic E-state index is 0.0960. The summed E-state index contributed by atoms with van der Waals surface area (Å²) in [5.74, 6) is 0. The monoisotopic (exact) mass is 386 g/mol. The minimum Gasteiger partial charge on any atom is -0.166 e. The van der Waals surface area contributed by atoms with Gasteiger partial charge in [0.05, 0.1) is 16.7 Å². The number of hydrogen-bond donors (Lipinski definition) is 0. The number of benzene rings is 2. The summed E-state index contributed by atoms with van der Waals surface area (Å²) < 4.78 is 117. The molecule has 0 N–H and O–H groups in total. The highest BCUT2D eigenvalue weighted by atomic mass is 19.4. The van der Waals surface area contributed by atoms with Crippen molar-refractivity contribution in [2.75, 3.05) is 0 Å². The van der Waals surface area contributed by atoms with E-state index in [0.717, 1.165) is 12.1 Å². The number of alkyl halides is 9. The zero-order chi connectivity index (χ0) is 19.9. The van der Waals surface area contributed by atoms with Crippen LogP contribution in [0.2, 0.25) is 0 Å². The lowest BCUT2D eigenvalue weighted by Crippen LogP contribution is -2.12. The molecule has 2 aromatic carbocycles. The molecule has 0 aliphatic heterocycles. The van der Waals surface area contributed by atoms with Crippen LogP contribution in [-0.4, -0.2) is 0 Å². The van der Waals surface area contributed by atoms with Crippen molar-refractivity contribution in [3.05, 3.63) is 58.7 Å². The van der Waals surface area contributed by atoms with Gasteiger partial charge in [-0.2, -0.15) is 39.5 Å². The SMILES string of the molecule is CCc1cc(-c2ccc(C(F)(F)F)cc2C(F)(F)F)cc(C(F)(F)F)c1. The molecule has 2 rings (SSSR count). The van der Waals surface area contributed by atoms with E-state index >= 15 is 0 Å². The molecule has 0 fully saturated rings. The Bertz CT molecular complexity index is 795. The molecule has 0 aliphatic carbocycles. The predicted molar refractivity (Wildman–Crippen MR) is 76.3 cm³/mol. The molecule has 0 amide bonds. The Balaban J connectivity index is 2.76. The van der Waals surface area contributed by atoms with Gasteiger partial charge in [0.1, 0.15) is 0 Å². The Morgan fingerprint density at radius 1 is 0.654 bits per heavy atom. The van der Waals surface area contributed by atoms with E-state index in [1.54, 1.807) is 0 Å². The third kappa shape index (κ3) is 4.31. The van der Waals surface area contributed by atoms with Crippen LogP contribution in [-0.2, 0) is 24.9 Å². The first-order chi connectivity index (χ1) is 11.7. The van der Waals surface area contributed by atoms with Gasteiger partial charge in [0.25, 0.3) is 0 Å². The molecule has 2 aromatic rings. The molecule has 0 atom stereocenters. The minimum atomic E-state index is -5.17. The summed E-state index contributed by atoms with van der Waals surface area (Å²) in [5.41, 5.74) is -5.42. The first-order valence-corrected chi connectivity index (χ1v) is 7.23. The molecule has 0 nitrogen and oxygen atoms in total. The lowest BCUT2D eigenvalue weighted by Gasteiger charge is -2.18. The van der Waals surface area contributed by atoms with Gasteiger partial charge in [-0.05, 0) is 47.4 Å². The van der Waals surface area contributed by atoms with E-state index in [4.69, 9.17) is 0 Å². The summed E-state index contributed by atoms with van der Waals surface area (Å²) in [6.45, 7) is 1.51. The van der Waals surface area contributed by atoms with E-state index in [2.05, 4.69) is 0 Å². The lowest BCUT2D eigenvalue weighted by atomic mass is 9.93. The van der Waals surface area contributed by atoms with Gasteiger partial charge in [0.2, 0.25) is 0 Å². The molecule has 0 heterocycles. The molecule has 0 unspecified atom stereocenters. The summed E-state index contributed by atoms with van der Waals surface area (Å²) in [5, 5.41) is 0.